The Morgan fingerprint density at radius 1 is 0.906 bits per heavy atom. The second-order valence-electron chi connectivity index (χ2n) is 5.93. The van der Waals surface area contributed by atoms with Gasteiger partial charge in [-0.05, 0) is 29.8 Å². The van der Waals surface area contributed by atoms with Gasteiger partial charge in [0, 0.05) is 5.69 Å². The third-order valence-electron chi connectivity index (χ3n) is 3.55. The lowest BCUT2D eigenvalue weighted by Gasteiger charge is -2.20. The van der Waals surface area contributed by atoms with Gasteiger partial charge in [-0.2, -0.15) is 26.3 Å². The van der Waals surface area contributed by atoms with Gasteiger partial charge in [-0.1, -0.05) is 23.4 Å². The summed E-state index contributed by atoms with van der Waals surface area (Å²) in [6.07, 6.45) is -15.0. The highest BCUT2D eigenvalue weighted by Crippen LogP contribution is 2.35. The van der Waals surface area contributed by atoms with E-state index in [0.29, 0.717) is 6.21 Å². The summed E-state index contributed by atoms with van der Waals surface area (Å²) in [6, 6.07) is 6.05. The Labute approximate surface area is 173 Å². The summed E-state index contributed by atoms with van der Waals surface area (Å²) in [6.45, 7) is 0. The van der Waals surface area contributed by atoms with Crippen LogP contribution in [0.3, 0.4) is 0 Å². The number of rotatable bonds is 5. The van der Waals surface area contributed by atoms with Crippen molar-refractivity contribution in [3.63, 3.8) is 0 Å². The molecule has 0 aliphatic heterocycles. The number of hydrogen-bond donors (Lipinski definition) is 2. The minimum Gasteiger partial charge on any atom is -0.373 e. The highest BCUT2D eigenvalue weighted by Gasteiger charge is 2.59. The summed E-state index contributed by atoms with van der Waals surface area (Å²) in [5, 5.41) is 6.50. The smallest absolute Gasteiger partial charge is 0.373 e. The maximum Gasteiger partial charge on any atom is 0.437 e. The number of imide groups is 1. The van der Waals surface area contributed by atoms with Gasteiger partial charge in [0.25, 0.3) is 5.91 Å². The topological polar surface area (TPSA) is 79.8 Å². The van der Waals surface area contributed by atoms with Gasteiger partial charge < -0.3 is 10.2 Å². The Bertz CT molecular complexity index is 970. The number of amides is 3. The summed E-state index contributed by atoms with van der Waals surface area (Å²) < 4.78 is 101. The molecule has 0 spiro atoms. The highest BCUT2D eigenvalue weighted by atomic mass is 19.4. The molecule has 2 aromatic rings. The van der Waals surface area contributed by atoms with Gasteiger partial charge in [0.15, 0.2) is 0 Å². The average Bonchev–Trinajstić information content (AvgIpc) is 2.64. The number of urea groups is 1. The Kier molecular flexibility index (Phi) is 7.38. The summed E-state index contributed by atoms with van der Waals surface area (Å²) >= 11 is 0. The molecule has 0 aliphatic carbocycles. The van der Waals surface area contributed by atoms with Crippen molar-refractivity contribution in [2.24, 2.45) is 5.16 Å². The Hall–Kier alpha value is -3.71. The first-order valence-electron chi connectivity index (χ1n) is 8.28. The summed E-state index contributed by atoms with van der Waals surface area (Å²) in [5.41, 5.74) is -0.959. The third kappa shape index (κ3) is 6.65. The normalized spacial score (nSPS) is 12.2. The van der Waals surface area contributed by atoms with Crippen LogP contribution in [0, 0.1) is 11.6 Å². The average molecular weight is 469 g/mol. The molecule has 32 heavy (non-hydrogen) atoms. The van der Waals surface area contributed by atoms with Crippen molar-refractivity contribution in [3.05, 3.63) is 65.2 Å². The fourth-order valence-electron chi connectivity index (χ4n) is 2.15. The molecule has 0 saturated carbocycles. The number of anilines is 1. The fourth-order valence-corrected chi connectivity index (χ4v) is 2.15. The van der Waals surface area contributed by atoms with E-state index in [9.17, 15) is 44.7 Å². The molecule has 0 bridgehead atoms. The molecule has 0 radical (unpaired) electrons. The van der Waals surface area contributed by atoms with Crippen molar-refractivity contribution in [2.75, 3.05) is 5.32 Å². The molecule has 3 amide bonds. The summed E-state index contributed by atoms with van der Waals surface area (Å²) in [7, 11) is 0. The van der Waals surface area contributed by atoms with E-state index in [4.69, 9.17) is 0 Å². The van der Waals surface area contributed by atoms with Crippen LogP contribution < -0.4 is 10.6 Å². The number of alkyl halides is 6. The van der Waals surface area contributed by atoms with Crippen LogP contribution in [0.25, 0.3) is 0 Å². The molecule has 0 heterocycles. The first kappa shape index (κ1) is 24.6. The zero-order valence-corrected chi connectivity index (χ0v) is 15.4. The number of benzene rings is 2. The van der Waals surface area contributed by atoms with Crippen LogP contribution in [-0.4, -0.2) is 36.6 Å². The molecule has 6 nitrogen and oxygen atoms in total. The van der Waals surface area contributed by atoms with E-state index < -0.39 is 47.6 Å². The third-order valence-corrected chi connectivity index (χ3v) is 3.55. The molecule has 0 aliphatic rings. The van der Waals surface area contributed by atoms with Gasteiger partial charge in [0.1, 0.15) is 17.2 Å². The van der Waals surface area contributed by atoms with Crippen molar-refractivity contribution in [1.82, 2.24) is 5.32 Å². The lowest BCUT2D eigenvalue weighted by Crippen LogP contribution is -2.43. The van der Waals surface area contributed by atoms with Gasteiger partial charge in [-0.15, -0.1) is 0 Å². The van der Waals surface area contributed by atoms with Crippen LogP contribution in [0.2, 0.25) is 0 Å². The Morgan fingerprint density at radius 3 is 1.94 bits per heavy atom. The van der Waals surface area contributed by atoms with Crippen LogP contribution in [0.1, 0.15) is 15.9 Å². The second-order valence-corrected chi connectivity index (χ2v) is 5.93. The number of oxime groups is 1. The van der Waals surface area contributed by atoms with Crippen LogP contribution >= 0.6 is 0 Å². The van der Waals surface area contributed by atoms with Gasteiger partial charge in [0.2, 0.25) is 0 Å². The molecular weight excluding hydrogens is 458 g/mol. The zero-order valence-electron chi connectivity index (χ0n) is 15.4. The maximum absolute atomic E-state index is 13.5. The Morgan fingerprint density at radius 2 is 1.44 bits per heavy atom. The highest BCUT2D eigenvalue weighted by molar-refractivity contribution is 6.08. The quantitative estimate of drug-likeness (QED) is 0.376. The first-order valence-corrected chi connectivity index (χ1v) is 8.28. The van der Waals surface area contributed by atoms with E-state index >= 15 is 0 Å². The molecule has 2 N–H and O–H groups in total. The Balaban J connectivity index is 1.97. The second kappa shape index (κ2) is 9.62. The number of nitrogens with zero attached hydrogens (tertiary/aromatic N) is 1. The number of hydrogen-bond acceptors (Lipinski definition) is 4. The van der Waals surface area contributed by atoms with E-state index in [-0.39, 0.29) is 11.3 Å². The van der Waals surface area contributed by atoms with Gasteiger partial charge in [-0.3, -0.25) is 10.1 Å². The van der Waals surface area contributed by atoms with Crippen molar-refractivity contribution in [3.8, 4) is 0 Å². The number of carbonyl (C=O) groups excluding carboxylic acids is 2. The molecule has 172 valence electrons. The van der Waals surface area contributed by atoms with E-state index in [1.165, 1.54) is 0 Å². The van der Waals surface area contributed by atoms with Crippen molar-refractivity contribution < 1.29 is 49.5 Å². The van der Waals surface area contributed by atoms with E-state index in [0.717, 1.165) is 42.5 Å². The van der Waals surface area contributed by atoms with Gasteiger partial charge >= 0.3 is 24.5 Å². The standard InChI is InChI=1S/C18H11F8N3O3/c19-11-2-1-3-12(20)13(11)14(30)29-16(31)28-10-6-4-9(5-7-10)8-27-32-15(17(21,22)23)18(24,25)26/h1-8,15H,(H2,28,29,30,31)/b27-8+. The van der Waals surface area contributed by atoms with Crippen LogP contribution in [0.5, 0.6) is 0 Å². The molecule has 0 atom stereocenters. The van der Waals surface area contributed by atoms with Crippen molar-refractivity contribution in [2.45, 2.75) is 18.5 Å². The zero-order chi connectivity index (χ0) is 24.1. The van der Waals surface area contributed by atoms with Crippen molar-refractivity contribution in [1.29, 1.82) is 0 Å². The lowest BCUT2D eigenvalue weighted by molar-refractivity contribution is -0.322. The number of halogens is 8. The molecule has 0 saturated heterocycles. The maximum atomic E-state index is 13.5. The number of nitrogens with one attached hydrogen (secondary N) is 2. The predicted molar refractivity (Wildman–Crippen MR) is 93.9 cm³/mol. The monoisotopic (exact) mass is 469 g/mol. The summed E-state index contributed by atoms with van der Waals surface area (Å²) in [5.74, 6) is -3.75. The SMILES string of the molecule is O=C(NC(=O)c1c(F)cccc1F)Nc1ccc(/C=N/OC(C(F)(F)F)C(F)(F)F)cc1. The minimum absolute atomic E-state index is 0.00330. The molecule has 2 rings (SSSR count). The van der Waals surface area contributed by atoms with Gasteiger partial charge in [-0.25, -0.2) is 13.6 Å². The van der Waals surface area contributed by atoms with E-state index in [1.54, 1.807) is 5.32 Å². The van der Waals surface area contributed by atoms with Crippen molar-refractivity contribution >= 4 is 23.8 Å². The molecule has 0 unspecified atom stereocenters. The molecular formula is C18H11F8N3O3. The van der Waals surface area contributed by atoms with Crippen LogP contribution in [-0.2, 0) is 4.84 Å². The van der Waals surface area contributed by atoms with E-state index in [2.05, 4.69) is 15.3 Å². The number of carbonyl (C=O) groups is 2. The van der Waals surface area contributed by atoms with Crippen LogP contribution in [0.15, 0.2) is 47.6 Å². The van der Waals surface area contributed by atoms with Crippen LogP contribution in [0.4, 0.5) is 45.6 Å². The molecule has 0 fully saturated rings. The molecule has 0 aromatic heterocycles. The minimum atomic E-state index is -5.72. The largest absolute Gasteiger partial charge is 0.437 e. The summed E-state index contributed by atoms with van der Waals surface area (Å²) in [4.78, 5) is 27.1. The predicted octanol–water partition coefficient (Wildman–Crippen LogP) is 4.77. The molecule has 2 aromatic carbocycles. The fraction of sp³-hybridized carbons (Fsp3) is 0.167. The van der Waals surface area contributed by atoms with E-state index in [1.807, 2.05) is 0 Å². The van der Waals surface area contributed by atoms with Gasteiger partial charge in [0.05, 0.1) is 6.21 Å². The molecule has 14 heteroatoms. The first-order chi connectivity index (χ1) is 14.8. The lowest BCUT2D eigenvalue weighted by atomic mass is 10.2.